The molecule has 10 nitrogen and oxygen atoms in total. The molecule has 0 spiro atoms. The maximum Gasteiger partial charge on any atom is 0.466 e. The smallest absolute Gasteiger partial charge is 0.452 e. The van der Waals surface area contributed by atoms with E-state index in [0.29, 0.717) is 6.67 Å². The number of para-hydroxylation sites is 3. The maximum atomic E-state index is 6.78. The van der Waals surface area contributed by atoms with Crippen LogP contribution in [0, 0.1) is 0 Å². The molecule has 7 aromatic rings. The summed E-state index contributed by atoms with van der Waals surface area (Å²) >= 11 is 1.93. The molecule has 5 aromatic carbocycles. The summed E-state index contributed by atoms with van der Waals surface area (Å²) in [6.07, 6.45) is 1.86. The first-order chi connectivity index (χ1) is 33.7. The largest absolute Gasteiger partial charge is 0.466 e. The van der Waals surface area contributed by atoms with E-state index < -0.39 is 42.7 Å². The van der Waals surface area contributed by atoms with Gasteiger partial charge < -0.3 is 37.2 Å². The van der Waals surface area contributed by atoms with Gasteiger partial charge in [0.25, 0.3) is 0 Å². The number of pyridine rings is 1. The molecule has 0 amide bonds. The van der Waals surface area contributed by atoms with Crippen LogP contribution in [0.4, 0.5) is 22.7 Å². The summed E-state index contributed by atoms with van der Waals surface area (Å²) in [5.41, 5.74) is 10.9. The van der Waals surface area contributed by atoms with Gasteiger partial charge in [-0.15, -0.1) is 0 Å². The van der Waals surface area contributed by atoms with Gasteiger partial charge in [0.1, 0.15) is 12.5 Å². The lowest BCUT2D eigenvalue weighted by molar-refractivity contribution is 0.250. The van der Waals surface area contributed by atoms with Crippen molar-refractivity contribution in [3.8, 4) is 5.82 Å². The van der Waals surface area contributed by atoms with Gasteiger partial charge in [-0.3, -0.25) is 4.57 Å². The highest BCUT2D eigenvalue weighted by molar-refractivity contribution is 7.97. The molecule has 3 aliphatic rings. The van der Waals surface area contributed by atoms with Crippen LogP contribution in [0.1, 0.15) is 94.2 Å². The van der Waals surface area contributed by atoms with E-state index in [1.807, 2.05) is 30.1 Å². The van der Waals surface area contributed by atoms with Crippen molar-refractivity contribution in [2.24, 2.45) is 0 Å². The lowest BCUT2D eigenvalue weighted by Crippen LogP contribution is -2.61. The molecular weight excluding hydrogens is 898 g/mol. The number of aromatic nitrogens is 2. The van der Waals surface area contributed by atoms with Crippen LogP contribution in [0.15, 0.2) is 134 Å². The van der Waals surface area contributed by atoms with Gasteiger partial charge in [0.05, 0.1) is 22.4 Å². The number of hydrogen-bond donors (Lipinski definition) is 0. The molecule has 17 heteroatoms. The van der Waals surface area contributed by atoms with Crippen molar-refractivity contribution < 1.29 is 27.4 Å². The summed E-state index contributed by atoms with van der Waals surface area (Å²) in [5, 5.41) is 1.23. The maximum absolute atomic E-state index is 6.78. The lowest BCUT2D eigenvalue weighted by Gasteiger charge is -2.42. The molecule has 3 aliphatic heterocycles. The summed E-state index contributed by atoms with van der Waals surface area (Å²) in [7, 11) is -3.47. The molecule has 71 heavy (non-hydrogen) atoms. The fraction of sp³-hybridized carbons (Fsp3) is 0.352. The van der Waals surface area contributed by atoms with E-state index in [1.165, 1.54) is 27.4 Å². The number of hydrogen-bond acceptors (Lipinski definition) is 10. The third-order valence-electron chi connectivity index (χ3n) is 13.3. The molecule has 0 radical (unpaired) electrons. The Bertz CT molecular complexity index is 2940. The molecule has 5 heterocycles. The summed E-state index contributed by atoms with van der Waals surface area (Å²) in [5.74, 6) is 2.67. The van der Waals surface area contributed by atoms with E-state index in [4.69, 9.17) is 32.4 Å². The zero-order chi connectivity index (χ0) is 50.0. The highest BCUT2D eigenvalue weighted by Crippen LogP contribution is 2.45. The number of anilines is 4. The van der Waals surface area contributed by atoms with Crippen LogP contribution in [-0.4, -0.2) is 58.9 Å². The van der Waals surface area contributed by atoms with Gasteiger partial charge in [0.2, 0.25) is 0 Å². The van der Waals surface area contributed by atoms with Crippen molar-refractivity contribution in [2.45, 2.75) is 116 Å². The van der Waals surface area contributed by atoms with Crippen molar-refractivity contribution in [3.63, 3.8) is 0 Å². The normalized spacial score (nSPS) is 16.3. The van der Waals surface area contributed by atoms with Gasteiger partial charge in [0, 0.05) is 39.8 Å². The Morgan fingerprint density at radius 3 is 1.52 bits per heavy atom. The second-order valence-electron chi connectivity index (χ2n) is 23.7. The third kappa shape index (κ3) is 10.4. The molecule has 2 saturated heterocycles. The molecular formula is C54H64B6N4O6S. The molecule has 0 atom stereocenters. The van der Waals surface area contributed by atoms with Crippen LogP contribution in [0.2, 0.25) is 21.3 Å². The van der Waals surface area contributed by atoms with Crippen LogP contribution in [0.3, 0.4) is 0 Å². The third-order valence-corrected chi connectivity index (χ3v) is 14.3. The van der Waals surface area contributed by atoms with Crippen molar-refractivity contribution >= 4 is 110 Å². The van der Waals surface area contributed by atoms with Crippen LogP contribution in [0.5, 0.6) is 0 Å². The fourth-order valence-corrected chi connectivity index (χ4v) is 10.4. The van der Waals surface area contributed by atoms with E-state index in [2.05, 4.69) is 213 Å². The lowest BCUT2D eigenvalue weighted by atomic mass is 9.49. The van der Waals surface area contributed by atoms with Crippen molar-refractivity contribution in [1.82, 2.24) is 9.55 Å². The number of benzene rings is 5. The zero-order valence-electron chi connectivity index (χ0n) is 43.4. The first-order valence-corrected chi connectivity index (χ1v) is 26.2. The van der Waals surface area contributed by atoms with Crippen molar-refractivity contribution in [3.05, 3.63) is 145 Å². The molecule has 0 N–H and O–H groups in total. The molecule has 360 valence electrons. The molecule has 10 rings (SSSR count). The number of thioether (sulfide) groups is 1. The van der Waals surface area contributed by atoms with Gasteiger partial charge in [-0.05, 0) is 104 Å². The average molecular weight is 962 g/mol. The molecule has 0 saturated carbocycles. The average Bonchev–Trinajstić information content (AvgIpc) is 3.89. The van der Waals surface area contributed by atoms with Gasteiger partial charge in [-0.1, -0.05) is 150 Å². The van der Waals surface area contributed by atoms with Crippen LogP contribution < -0.4 is 20.7 Å². The van der Waals surface area contributed by atoms with Crippen LogP contribution in [-0.2, 0) is 38.9 Å². The first kappa shape index (κ1) is 49.7. The summed E-state index contributed by atoms with van der Waals surface area (Å²) in [4.78, 5) is 9.51. The Morgan fingerprint density at radius 2 is 0.972 bits per heavy atom. The van der Waals surface area contributed by atoms with Crippen LogP contribution in [0.25, 0.3) is 27.6 Å². The molecule has 2 aromatic heterocycles. The van der Waals surface area contributed by atoms with E-state index in [9.17, 15) is 0 Å². The van der Waals surface area contributed by atoms with Crippen molar-refractivity contribution in [2.75, 3.05) is 16.5 Å². The predicted molar refractivity (Wildman–Crippen MR) is 301 cm³/mol. The molecule has 0 aliphatic carbocycles. The van der Waals surface area contributed by atoms with Crippen molar-refractivity contribution in [1.29, 1.82) is 0 Å². The van der Waals surface area contributed by atoms with Gasteiger partial charge in [-0.25, -0.2) is 4.98 Å². The predicted octanol–water partition coefficient (Wildman–Crippen LogP) is 12.5. The zero-order valence-corrected chi connectivity index (χ0v) is 44.3. The van der Waals surface area contributed by atoms with Gasteiger partial charge in [-0.2, -0.15) is 11.8 Å². The first-order valence-electron chi connectivity index (χ1n) is 25.0. The Hall–Kier alpha value is -4.85. The Labute approximate surface area is 427 Å². The SMILES string of the molecule is CC(C)(C)B1OB(c2cc(B3OB(C(C)(C)C)OB(C(C)(C)C)O3)cc(N3CN(c4cccc(CSCc5ccc6c7ccccc7n(-c7ccccn7)c6c5)c4)c4ccccc43)c2)OB(C(C)(C)C)O1. The van der Waals surface area contributed by atoms with Gasteiger partial charge >= 0.3 is 42.7 Å². The Balaban J connectivity index is 0.955. The minimum absolute atomic E-state index is 0.308. The monoisotopic (exact) mass is 963 g/mol. The second kappa shape index (κ2) is 19.2. The van der Waals surface area contributed by atoms with E-state index in [1.54, 1.807) is 0 Å². The van der Waals surface area contributed by atoms with Crippen LogP contribution >= 0.6 is 11.8 Å². The minimum atomic E-state index is -0.719. The summed E-state index contributed by atoms with van der Waals surface area (Å²) in [6.45, 7) is 26.2. The highest BCUT2D eigenvalue weighted by Gasteiger charge is 2.53. The number of fused-ring (bicyclic) bond motifs is 4. The van der Waals surface area contributed by atoms with E-state index >= 15 is 0 Å². The summed E-state index contributed by atoms with van der Waals surface area (Å²) < 4.78 is 42.4. The number of rotatable bonds is 9. The van der Waals surface area contributed by atoms with E-state index in [-0.39, 0.29) is 21.3 Å². The quantitative estimate of drug-likeness (QED) is 0.131. The summed E-state index contributed by atoms with van der Waals surface area (Å²) in [6, 6.07) is 45.7. The van der Waals surface area contributed by atoms with Gasteiger partial charge in [0.15, 0.2) is 0 Å². The topological polar surface area (TPSA) is 79.7 Å². The fourth-order valence-electron chi connectivity index (χ4n) is 9.50. The Kier molecular flexibility index (Phi) is 13.4. The Morgan fingerprint density at radius 1 is 0.465 bits per heavy atom. The molecule has 0 unspecified atom stereocenters. The minimum Gasteiger partial charge on any atom is -0.452 e. The molecule has 0 bridgehead atoms. The van der Waals surface area contributed by atoms with E-state index in [0.717, 1.165) is 56.5 Å². The highest BCUT2D eigenvalue weighted by atomic mass is 32.2. The second-order valence-corrected chi connectivity index (χ2v) is 24.7. The standard InChI is InChI=1S/C54H64B6N4O6S/c1-51(2,3)57-65-55(66-58(69-57)52(4,5)6)40-32-41(56-67-59(53(7,8)9)70-60(68-56)54(10,11)12)34-43(33-40)63-37-62(47-24-15-16-25-48(47)63)42-21-19-20-38(30-42)35-71-36-39-27-28-45-44-22-13-14-23-46(44)64(49(45)31-39)50-26-17-18-29-61-50/h13-34H,35-37H2,1-12H3. The number of nitrogens with zero attached hydrogens (tertiary/aromatic N) is 4. The molecule has 2 fully saturated rings.